The Bertz CT molecular complexity index is 2190. The van der Waals surface area contributed by atoms with Crippen LogP contribution in [0.1, 0.15) is 36.1 Å². The largest absolute Gasteiger partial charge is 0.481 e. The van der Waals surface area contributed by atoms with Gasteiger partial charge >= 0.3 is 0 Å². The highest BCUT2D eigenvalue weighted by Crippen LogP contribution is 2.42. The molecule has 2 fully saturated rings. The lowest BCUT2D eigenvalue weighted by Crippen LogP contribution is -2.46. The molecule has 0 aliphatic carbocycles. The normalized spacial score (nSPS) is 18.9. The SMILES string of the molecule is COc1nc(-c2cccc(-c3cccc(-c4ccn5c(=O)c(CNCC6CCC(=O)N6)c(C)nc5c4)c3Cl)c2Cl)ccc1CNC1CCOC[C@@H]1O. The highest BCUT2D eigenvalue weighted by molar-refractivity contribution is 6.39. The molecule has 2 aliphatic heterocycles. The molecule has 0 saturated carbocycles. The number of pyridine rings is 2. The molecule has 2 saturated heterocycles. The minimum atomic E-state index is -0.563. The molecule has 5 heterocycles. The average Bonchev–Trinajstić information content (AvgIpc) is 3.57. The van der Waals surface area contributed by atoms with Crippen LogP contribution in [0.25, 0.3) is 39.2 Å². The van der Waals surface area contributed by atoms with Crippen molar-refractivity contribution in [3.05, 3.63) is 104 Å². The van der Waals surface area contributed by atoms with Gasteiger partial charge in [-0.15, -0.1) is 0 Å². The number of halogens is 2. The van der Waals surface area contributed by atoms with Gasteiger partial charge in [0.15, 0.2) is 0 Å². The molecular weight excluding hydrogens is 703 g/mol. The van der Waals surface area contributed by atoms with Gasteiger partial charge in [-0.1, -0.05) is 65.7 Å². The molecule has 5 aromatic rings. The molecule has 3 aromatic heterocycles. The van der Waals surface area contributed by atoms with Gasteiger partial charge in [-0.2, -0.15) is 0 Å². The van der Waals surface area contributed by atoms with E-state index >= 15 is 0 Å². The van der Waals surface area contributed by atoms with Gasteiger partial charge in [0.25, 0.3) is 5.56 Å². The van der Waals surface area contributed by atoms with E-state index in [9.17, 15) is 14.7 Å². The number of aliphatic hydroxyl groups excluding tert-OH is 1. The third-order valence-corrected chi connectivity index (χ3v) is 10.6. The number of fused-ring (bicyclic) bond motifs is 1. The van der Waals surface area contributed by atoms with Crippen LogP contribution in [0.4, 0.5) is 0 Å². The van der Waals surface area contributed by atoms with Crippen molar-refractivity contribution in [3.8, 4) is 39.4 Å². The lowest BCUT2D eigenvalue weighted by atomic mass is 9.97. The Kier molecular flexibility index (Phi) is 10.9. The fourth-order valence-corrected chi connectivity index (χ4v) is 7.55. The third-order valence-electron chi connectivity index (χ3n) is 9.80. The molecule has 52 heavy (non-hydrogen) atoms. The molecule has 0 bridgehead atoms. The number of hydrogen-bond acceptors (Lipinski definition) is 9. The maximum absolute atomic E-state index is 13.5. The van der Waals surface area contributed by atoms with Gasteiger partial charge in [0.05, 0.1) is 41.1 Å². The maximum Gasteiger partial charge on any atom is 0.262 e. The molecule has 7 rings (SSSR count). The zero-order chi connectivity index (χ0) is 36.4. The summed E-state index contributed by atoms with van der Waals surface area (Å²) < 4.78 is 12.5. The molecular formula is C39H40Cl2N6O5. The first-order chi connectivity index (χ1) is 25.2. The second kappa shape index (κ2) is 15.7. The van der Waals surface area contributed by atoms with Gasteiger partial charge in [-0.05, 0) is 43.5 Å². The number of amides is 1. The number of aryl methyl sites for hydroxylation is 1. The van der Waals surface area contributed by atoms with E-state index in [1.807, 2.05) is 67.6 Å². The molecule has 13 heteroatoms. The molecule has 0 spiro atoms. The van der Waals surface area contributed by atoms with E-state index in [1.54, 1.807) is 17.7 Å². The molecule has 0 radical (unpaired) electrons. The predicted octanol–water partition coefficient (Wildman–Crippen LogP) is 5.32. The summed E-state index contributed by atoms with van der Waals surface area (Å²) in [7, 11) is 1.58. The Labute approximate surface area is 311 Å². The first kappa shape index (κ1) is 36.0. The highest BCUT2D eigenvalue weighted by atomic mass is 35.5. The van der Waals surface area contributed by atoms with E-state index in [1.165, 1.54) is 0 Å². The summed E-state index contributed by atoms with van der Waals surface area (Å²) >= 11 is 14.2. The van der Waals surface area contributed by atoms with Crippen molar-refractivity contribution in [3.63, 3.8) is 0 Å². The van der Waals surface area contributed by atoms with Crippen LogP contribution in [-0.4, -0.2) is 70.4 Å². The van der Waals surface area contributed by atoms with E-state index in [0.29, 0.717) is 77.8 Å². The zero-order valence-electron chi connectivity index (χ0n) is 28.9. The van der Waals surface area contributed by atoms with Crippen molar-refractivity contribution >= 4 is 34.8 Å². The zero-order valence-corrected chi connectivity index (χ0v) is 30.4. The number of aromatic nitrogens is 3. The Balaban J connectivity index is 1.13. The summed E-state index contributed by atoms with van der Waals surface area (Å²) in [6.07, 6.45) is 3.20. The average molecular weight is 744 g/mol. The van der Waals surface area contributed by atoms with E-state index in [4.69, 9.17) is 42.6 Å². The Morgan fingerprint density at radius 1 is 0.981 bits per heavy atom. The van der Waals surface area contributed by atoms with Crippen molar-refractivity contribution in [1.29, 1.82) is 0 Å². The lowest BCUT2D eigenvalue weighted by Gasteiger charge is -2.28. The Hall–Kier alpha value is -4.36. The summed E-state index contributed by atoms with van der Waals surface area (Å²) in [4.78, 5) is 34.6. The van der Waals surface area contributed by atoms with Crippen molar-refractivity contribution in [2.75, 3.05) is 26.9 Å². The van der Waals surface area contributed by atoms with Crippen LogP contribution in [0.2, 0.25) is 10.0 Å². The summed E-state index contributed by atoms with van der Waals surface area (Å²) in [6, 6.07) is 19.1. The van der Waals surface area contributed by atoms with Gasteiger partial charge in [-0.3, -0.25) is 14.0 Å². The minimum absolute atomic E-state index is 0.0615. The maximum atomic E-state index is 13.5. The van der Waals surface area contributed by atoms with E-state index in [-0.39, 0.29) is 23.6 Å². The standard InChI is InChI=1S/C39H40Cl2N6O5/c1-22-30(20-42-19-25-10-12-35(49)45-25)39(50)47-15-13-23(17-34(47)44-22)26-5-3-6-27(36(26)40)28-7-4-8-29(37(28)41)31-11-9-24(38(46-31)51-2)18-43-32-14-16-52-21-33(32)48/h3-9,11,13,15,17,25,32-33,42-43,48H,10,12,14,16,18-21H2,1-2H3,(H,45,49)/t25?,32?,33-/m0/s1. The monoisotopic (exact) mass is 742 g/mol. The van der Waals surface area contributed by atoms with Crippen molar-refractivity contribution in [1.82, 2.24) is 30.3 Å². The first-order valence-corrected chi connectivity index (χ1v) is 18.1. The number of nitrogens with one attached hydrogen (secondary N) is 3. The van der Waals surface area contributed by atoms with Crippen molar-refractivity contribution in [2.45, 2.75) is 57.5 Å². The Morgan fingerprint density at radius 3 is 2.46 bits per heavy atom. The number of rotatable bonds is 11. The van der Waals surface area contributed by atoms with Crippen molar-refractivity contribution < 1.29 is 19.4 Å². The fraction of sp³-hybridized carbons (Fsp3) is 0.333. The predicted molar refractivity (Wildman–Crippen MR) is 202 cm³/mol. The molecule has 1 amide bonds. The second-order valence-electron chi connectivity index (χ2n) is 13.2. The minimum Gasteiger partial charge on any atom is -0.481 e. The summed E-state index contributed by atoms with van der Waals surface area (Å²) in [6.45, 7) is 4.18. The molecule has 2 aliphatic rings. The number of nitrogens with zero attached hydrogens (tertiary/aromatic N) is 3. The molecule has 4 N–H and O–H groups in total. The number of hydrogen-bond donors (Lipinski definition) is 4. The van der Waals surface area contributed by atoms with Crippen LogP contribution < -0.4 is 26.2 Å². The quantitative estimate of drug-likeness (QED) is 0.142. The molecule has 270 valence electrons. The number of methoxy groups -OCH3 is 1. The smallest absolute Gasteiger partial charge is 0.262 e. The van der Waals surface area contributed by atoms with E-state index < -0.39 is 6.10 Å². The van der Waals surface area contributed by atoms with E-state index in [0.717, 1.165) is 46.2 Å². The molecule has 11 nitrogen and oxygen atoms in total. The van der Waals surface area contributed by atoms with Gasteiger partial charge in [0.1, 0.15) is 5.65 Å². The van der Waals surface area contributed by atoms with Gasteiger partial charge < -0.3 is 30.5 Å². The van der Waals surface area contributed by atoms with Crippen LogP contribution in [0.15, 0.2) is 71.7 Å². The molecule has 2 aromatic carbocycles. The van der Waals surface area contributed by atoms with Crippen LogP contribution in [0.3, 0.4) is 0 Å². The van der Waals surface area contributed by atoms with Gasteiger partial charge in [-0.25, -0.2) is 9.97 Å². The fourth-order valence-electron chi connectivity index (χ4n) is 6.89. The van der Waals surface area contributed by atoms with Crippen LogP contribution >= 0.6 is 23.2 Å². The summed E-state index contributed by atoms with van der Waals surface area (Å²) in [5.41, 5.74) is 6.87. The van der Waals surface area contributed by atoms with Crippen LogP contribution in [0.5, 0.6) is 5.88 Å². The third kappa shape index (κ3) is 7.43. The number of benzene rings is 2. The van der Waals surface area contributed by atoms with Gasteiger partial charge in [0, 0.05) is 84.5 Å². The van der Waals surface area contributed by atoms with E-state index in [2.05, 4.69) is 16.0 Å². The van der Waals surface area contributed by atoms with Crippen LogP contribution in [-0.2, 0) is 22.6 Å². The van der Waals surface area contributed by atoms with Gasteiger partial charge in [0.2, 0.25) is 11.8 Å². The lowest BCUT2D eigenvalue weighted by molar-refractivity contribution is -0.119. The van der Waals surface area contributed by atoms with Crippen molar-refractivity contribution in [2.24, 2.45) is 0 Å². The number of aliphatic hydroxyl groups is 1. The summed E-state index contributed by atoms with van der Waals surface area (Å²) in [5, 5.41) is 20.9. The number of ether oxygens (including phenoxy) is 2. The molecule has 2 unspecified atom stereocenters. The number of carbonyl (C=O) groups is 1. The molecule has 3 atom stereocenters. The topological polar surface area (TPSA) is 139 Å². The number of carbonyl (C=O) groups excluding carboxylic acids is 1. The van der Waals surface area contributed by atoms with Crippen LogP contribution in [0, 0.1) is 6.92 Å². The second-order valence-corrected chi connectivity index (χ2v) is 13.9. The highest BCUT2D eigenvalue weighted by Gasteiger charge is 2.24. The Morgan fingerprint density at radius 2 is 1.73 bits per heavy atom. The first-order valence-electron chi connectivity index (χ1n) is 17.3. The summed E-state index contributed by atoms with van der Waals surface area (Å²) in [5.74, 6) is 0.529.